The van der Waals surface area contributed by atoms with Gasteiger partial charge in [-0.1, -0.05) is 48.8 Å². The van der Waals surface area contributed by atoms with Gasteiger partial charge < -0.3 is 5.32 Å². The van der Waals surface area contributed by atoms with Crippen molar-refractivity contribution in [2.75, 3.05) is 7.05 Å². The number of rotatable bonds is 5. The van der Waals surface area contributed by atoms with Crippen molar-refractivity contribution in [3.05, 3.63) is 46.9 Å². The molecule has 1 rings (SSSR count). The van der Waals surface area contributed by atoms with Crippen molar-refractivity contribution in [2.24, 2.45) is 4.99 Å². The highest BCUT2D eigenvalue weighted by molar-refractivity contribution is 8.42. The van der Waals surface area contributed by atoms with E-state index in [4.69, 9.17) is 0 Å². The standard InChI is InChI=1S/C13H19N3S4/c1-6-7-8-11-10(4)15-13(18-11)20-16-19-12(14-5)17-9(2)3/h6-8,13,15-16H,2,4H2,1,3,5H3/b7-6-,11-8+,14-12?. The molecular weight excluding hydrogens is 326 g/mol. The van der Waals surface area contributed by atoms with Gasteiger partial charge in [-0.2, -0.15) is 4.13 Å². The molecule has 1 aliphatic heterocycles. The Labute approximate surface area is 138 Å². The molecule has 7 heteroatoms. The minimum Gasteiger partial charge on any atom is -0.363 e. The molecule has 1 unspecified atom stereocenters. The molecule has 1 saturated heterocycles. The second kappa shape index (κ2) is 9.68. The first-order valence-corrected chi connectivity index (χ1v) is 9.29. The largest absolute Gasteiger partial charge is 0.363 e. The summed E-state index contributed by atoms with van der Waals surface area (Å²) in [5.41, 5.74) is 0.970. The van der Waals surface area contributed by atoms with Gasteiger partial charge in [0.2, 0.25) is 0 Å². The van der Waals surface area contributed by atoms with E-state index in [0.717, 1.165) is 15.0 Å². The van der Waals surface area contributed by atoms with E-state index in [-0.39, 0.29) is 4.71 Å². The SMILES string of the molecule is C=C(C)SC(=NC)SNSC1NC(=C)/C(=C\C=C/C)S1. The predicted octanol–water partition coefficient (Wildman–Crippen LogP) is 4.72. The van der Waals surface area contributed by atoms with Crippen molar-refractivity contribution in [3.63, 3.8) is 0 Å². The van der Waals surface area contributed by atoms with Gasteiger partial charge in [0.15, 0.2) is 0 Å². The van der Waals surface area contributed by atoms with E-state index in [9.17, 15) is 0 Å². The second-order valence-corrected chi connectivity index (χ2v) is 8.68. The Balaban J connectivity index is 2.37. The Hall–Kier alpha value is -0.210. The van der Waals surface area contributed by atoms with Crippen molar-refractivity contribution >= 4 is 51.8 Å². The maximum atomic E-state index is 4.20. The summed E-state index contributed by atoms with van der Waals surface area (Å²) in [5.74, 6) is 0. The third kappa shape index (κ3) is 6.49. The van der Waals surface area contributed by atoms with Gasteiger partial charge in [-0.05, 0) is 48.7 Å². The smallest absolute Gasteiger partial charge is 0.144 e. The summed E-state index contributed by atoms with van der Waals surface area (Å²) in [4.78, 5) is 6.41. The summed E-state index contributed by atoms with van der Waals surface area (Å²) in [7, 11) is 1.78. The van der Waals surface area contributed by atoms with Crippen LogP contribution >= 0.6 is 47.4 Å². The van der Waals surface area contributed by atoms with Gasteiger partial charge in [0.1, 0.15) is 9.08 Å². The van der Waals surface area contributed by atoms with Crippen LogP contribution in [0.2, 0.25) is 0 Å². The third-order valence-electron chi connectivity index (χ3n) is 1.99. The maximum absolute atomic E-state index is 4.20. The molecule has 0 saturated carbocycles. The average Bonchev–Trinajstić information content (AvgIpc) is 2.75. The van der Waals surface area contributed by atoms with Crippen LogP contribution in [-0.2, 0) is 0 Å². The average molecular weight is 346 g/mol. The second-order valence-electron chi connectivity index (χ2n) is 3.73. The molecule has 3 nitrogen and oxygen atoms in total. The van der Waals surface area contributed by atoms with Crippen LogP contribution in [0, 0.1) is 0 Å². The molecule has 0 aromatic rings. The summed E-state index contributed by atoms with van der Waals surface area (Å²) < 4.78 is 4.43. The molecule has 1 atom stereocenters. The summed E-state index contributed by atoms with van der Waals surface area (Å²) in [6.07, 6.45) is 6.10. The van der Waals surface area contributed by atoms with E-state index >= 15 is 0 Å². The lowest BCUT2D eigenvalue weighted by atomic mass is 10.4. The molecule has 2 N–H and O–H groups in total. The number of thioether (sulfide) groups is 2. The van der Waals surface area contributed by atoms with Crippen LogP contribution in [0.25, 0.3) is 0 Å². The number of nitrogens with one attached hydrogen (secondary N) is 2. The van der Waals surface area contributed by atoms with E-state index in [2.05, 4.69) is 33.7 Å². The first kappa shape index (κ1) is 17.8. The molecule has 1 fully saturated rings. The van der Waals surface area contributed by atoms with Crippen molar-refractivity contribution in [1.29, 1.82) is 0 Å². The maximum Gasteiger partial charge on any atom is 0.144 e. The molecule has 110 valence electrons. The topological polar surface area (TPSA) is 36.4 Å². The van der Waals surface area contributed by atoms with E-state index in [1.807, 2.05) is 26.0 Å². The van der Waals surface area contributed by atoms with E-state index in [1.54, 1.807) is 42.5 Å². The third-order valence-corrected chi connectivity index (χ3v) is 6.15. The zero-order valence-electron chi connectivity index (χ0n) is 11.8. The normalized spacial score (nSPS) is 21.8. The number of aliphatic imine (C=N–C) groups is 1. The number of hydrogen-bond acceptors (Lipinski definition) is 7. The Morgan fingerprint density at radius 2 is 2.30 bits per heavy atom. The molecule has 0 aliphatic carbocycles. The lowest BCUT2D eigenvalue weighted by Crippen LogP contribution is -2.16. The van der Waals surface area contributed by atoms with Crippen LogP contribution < -0.4 is 9.44 Å². The minimum absolute atomic E-state index is 0.222. The lowest BCUT2D eigenvalue weighted by Gasteiger charge is -2.10. The van der Waals surface area contributed by atoms with Crippen molar-refractivity contribution in [1.82, 2.24) is 9.44 Å². The fourth-order valence-electron chi connectivity index (χ4n) is 1.17. The van der Waals surface area contributed by atoms with E-state index in [0.29, 0.717) is 0 Å². The molecule has 0 aromatic heterocycles. The Kier molecular flexibility index (Phi) is 8.63. The zero-order chi connectivity index (χ0) is 15.0. The summed E-state index contributed by atoms with van der Waals surface area (Å²) >= 11 is 6.44. The number of hydrogen-bond donors (Lipinski definition) is 2. The molecule has 1 heterocycles. The highest BCUT2D eigenvalue weighted by Crippen LogP contribution is 2.38. The Morgan fingerprint density at radius 3 is 2.90 bits per heavy atom. The van der Waals surface area contributed by atoms with Gasteiger partial charge in [-0.25, -0.2) is 0 Å². The van der Waals surface area contributed by atoms with Crippen LogP contribution in [0.5, 0.6) is 0 Å². The van der Waals surface area contributed by atoms with Gasteiger partial charge in [0.25, 0.3) is 0 Å². The molecule has 0 bridgehead atoms. The molecular formula is C13H19N3S4. The van der Waals surface area contributed by atoms with Crippen molar-refractivity contribution < 1.29 is 0 Å². The first-order valence-electron chi connectivity index (χ1n) is 5.90. The minimum atomic E-state index is 0.222. The molecule has 20 heavy (non-hydrogen) atoms. The van der Waals surface area contributed by atoms with Crippen molar-refractivity contribution in [2.45, 2.75) is 18.6 Å². The van der Waals surface area contributed by atoms with Crippen molar-refractivity contribution in [3.8, 4) is 0 Å². The highest BCUT2D eigenvalue weighted by Gasteiger charge is 2.22. The Bertz CT molecular complexity index is 455. The first-order chi connectivity index (χ1) is 9.56. The van der Waals surface area contributed by atoms with Crippen LogP contribution in [0.15, 0.2) is 51.9 Å². The Morgan fingerprint density at radius 1 is 1.55 bits per heavy atom. The number of nitrogens with zero attached hydrogens (tertiary/aromatic N) is 1. The van der Waals surface area contributed by atoms with Crippen LogP contribution in [0.4, 0.5) is 0 Å². The lowest BCUT2D eigenvalue weighted by molar-refractivity contribution is 0.981. The molecule has 0 spiro atoms. The van der Waals surface area contributed by atoms with Crippen LogP contribution in [0.3, 0.4) is 0 Å². The zero-order valence-corrected chi connectivity index (χ0v) is 15.1. The molecule has 0 amide bonds. The summed E-state index contributed by atoms with van der Waals surface area (Å²) in [5, 5.41) is 3.33. The van der Waals surface area contributed by atoms with Crippen LogP contribution in [0.1, 0.15) is 13.8 Å². The summed E-state index contributed by atoms with van der Waals surface area (Å²) in [6, 6.07) is 0. The quantitative estimate of drug-likeness (QED) is 0.427. The summed E-state index contributed by atoms with van der Waals surface area (Å²) in [6.45, 7) is 11.9. The fourth-order valence-corrected chi connectivity index (χ4v) is 5.23. The molecule has 0 radical (unpaired) electrons. The van der Waals surface area contributed by atoms with E-state index in [1.165, 1.54) is 16.9 Å². The van der Waals surface area contributed by atoms with Gasteiger partial charge in [0, 0.05) is 17.6 Å². The fraction of sp³-hybridized carbons (Fsp3) is 0.308. The predicted molar refractivity (Wildman–Crippen MR) is 101 cm³/mol. The monoisotopic (exact) mass is 345 g/mol. The van der Waals surface area contributed by atoms with Gasteiger partial charge in [0.05, 0.1) is 0 Å². The molecule has 1 aliphatic rings. The highest BCUT2D eigenvalue weighted by atomic mass is 32.3. The van der Waals surface area contributed by atoms with Gasteiger partial charge in [-0.15, -0.1) is 0 Å². The molecule has 0 aromatic carbocycles. The van der Waals surface area contributed by atoms with Gasteiger partial charge >= 0.3 is 0 Å². The van der Waals surface area contributed by atoms with Crippen LogP contribution in [-0.4, -0.2) is 16.1 Å². The number of allylic oxidation sites excluding steroid dienone is 4. The van der Waals surface area contributed by atoms with Gasteiger partial charge in [-0.3, -0.25) is 4.99 Å². The van der Waals surface area contributed by atoms with E-state index < -0.39 is 0 Å².